The van der Waals surface area contributed by atoms with Crippen LogP contribution in [0, 0.1) is 0 Å². The Bertz CT molecular complexity index is 700. The quantitative estimate of drug-likeness (QED) is 0.920. The van der Waals surface area contributed by atoms with Gasteiger partial charge in [-0.3, -0.25) is 4.90 Å². The first-order valence-corrected chi connectivity index (χ1v) is 7.94. The van der Waals surface area contributed by atoms with Crippen molar-refractivity contribution in [3.63, 3.8) is 0 Å². The molecule has 1 fully saturated rings. The summed E-state index contributed by atoms with van der Waals surface area (Å²) in [7, 11) is 2.18. The summed E-state index contributed by atoms with van der Waals surface area (Å²) in [6.07, 6.45) is 1.50. The molecule has 0 radical (unpaired) electrons. The highest BCUT2D eigenvalue weighted by atomic mass is 16.3. The van der Waals surface area contributed by atoms with Crippen molar-refractivity contribution in [2.45, 2.75) is 31.5 Å². The van der Waals surface area contributed by atoms with Crippen LogP contribution in [0.5, 0.6) is 5.75 Å². The van der Waals surface area contributed by atoms with E-state index >= 15 is 0 Å². The highest BCUT2D eigenvalue weighted by Crippen LogP contribution is 2.52. The molecular weight excluding hydrogens is 272 g/mol. The molecule has 2 atom stereocenters. The molecule has 0 aliphatic carbocycles. The molecule has 3 nitrogen and oxygen atoms in total. The number of nitrogens with zero attached hydrogens (tertiary/aromatic N) is 2. The lowest BCUT2D eigenvalue weighted by Gasteiger charge is -2.34. The zero-order chi connectivity index (χ0) is 15.3. The molecule has 2 aromatic rings. The van der Waals surface area contributed by atoms with Crippen molar-refractivity contribution >= 4 is 5.69 Å². The monoisotopic (exact) mass is 294 g/mol. The molecule has 0 saturated carbocycles. The number of likely N-dealkylation sites (N-methyl/N-ethyl adjacent to an activating group) is 1. The van der Waals surface area contributed by atoms with Crippen LogP contribution in [0.4, 0.5) is 5.69 Å². The molecule has 2 aliphatic heterocycles. The molecular formula is C19H22N2O. The largest absolute Gasteiger partial charge is 0.508 e. The molecule has 22 heavy (non-hydrogen) atoms. The third-order valence-electron chi connectivity index (χ3n) is 5.40. The molecule has 0 amide bonds. The minimum absolute atomic E-state index is 0.0948. The summed E-state index contributed by atoms with van der Waals surface area (Å²) >= 11 is 0. The van der Waals surface area contributed by atoms with Gasteiger partial charge in [0.2, 0.25) is 0 Å². The number of benzene rings is 2. The standard InChI is InChI=1S/C19H22N2O/c1-19-10-11-21(13-14-6-4-3-5-7-14)18(19)20(2)17-9-8-15(22)12-16(17)19/h3-9,12,18,22H,10-11,13H2,1-2H3. The van der Waals surface area contributed by atoms with E-state index in [2.05, 4.69) is 60.2 Å². The van der Waals surface area contributed by atoms with Gasteiger partial charge in [-0.1, -0.05) is 37.3 Å². The maximum Gasteiger partial charge on any atom is 0.116 e. The molecule has 1 saturated heterocycles. The summed E-state index contributed by atoms with van der Waals surface area (Å²) in [5.74, 6) is 0.371. The molecule has 2 aliphatic rings. The third kappa shape index (κ3) is 1.85. The van der Waals surface area contributed by atoms with E-state index < -0.39 is 0 Å². The van der Waals surface area contributed by atoms with Crippen molar-refractivity contribution in [3.05, 3.63) is 59.7 Å². The molecule has 2 aromatic carbocycles. The Balaban J connectivity index is 1.69. The molecule has 1 N–H and O–H groups in total. The normalized spacial score (nSPS) is 27.0. The molecule has 114 valence electrons. The fourth-order valence-electron chi connectivity index (χ4n) is 4.38. The van der Waals surface area contributed by atoms with Gasteiger partial charge < -0.3 is 10.0 Å². The lowest BCUT2D eigenvalue weighted by Crippen LogP contribution is -2.46. The average Bonchev–Trinajstić information content (AvgIpc) is 2.95. The number of aromatic hydroxyl groups is 1. The minimum Gasteiger partial charge on any atom is -0.508 e. The Morgan fingerprint density at radius 2 is 1.95 bits per heavy atom. The SMILES string of the molecule is CN1c2ccc(O)cc2C2(C)CCN(Cc3ccccc3)C12. The number of hydrogen-bond donors (Lipinski definition) is 1. The molecule has 3 heteroatoms. The van der Waals surface area contributed by atoms with Gasteiger partial charge >= 0.3 is 0 Å². The van der Waals surface area contributed by atoms with Gasteiger partial charge in [0, 0.05) is 31.2 Å². The van der Waals surface area contributed by atoms with Crippen LogP contribution in [-0.4, -0.2) is 29.8 Å². The second-order valence-corrected chi connectivity index (χ2v) is 6.81. The van der Waals surface area contributed by atoms with Crippen molar-refractivity contribution in [1.29, 1.82) is 0 Å². The summed E-state index contributed by atoms with van der Waals surface area (Å²) in [6, 6.07) is 16.5. The van der Waals surface area contributed by atoms with Crippen LogP contribution < -0.4 is 4.90 Å². The first kappa shape index (κ1) is 13.6. The number of phenols is 1. The Morgan fingerprint density at radius 3 is 2.73 bits per heavy atom. The van der Waals surface area contributed by atoms with Gasteiger partial charge in [0.05, 0.1) is 6.17 Å². The second kappa shape index (κ2) is 4.75. The first-order valence-electron chi connectivity index (χ1n) is 7.94. The number of phenolic OH excluding ortho intramolecular Hbond substituents is 1. The highest BCUT2D eigenvalue weighted by molar-refractivity contribution is 5.66. The molecule has 4 rings (SSSR count). The number of fused-ring (bicyclic) bond motifs is 3. The van der Waals surface area contributed by atoms with Gasteiger partial charge in [-0.15, -0.1) is 0 Å². The van der Waals surface area contributed by atoms with E-state index in [1.165, 1.54) is 16.8 Å². The van der Waals surface area contributed by atoms with Crippen LogP contribution in [0.15, 0.2) is 48.5 Å². The maximum atomic E-state index is 9.89. The zero-order valence-corrected chi connectivity index (χ0v) is 13.2. The zero-order valence-electron chi connectivity index (χ0n) is 13.2. The summed E-state index contributed by atoms with van der Waals surface area (Å²) in [5, 5.41) is 9.89. The van der Waals surface area contributed by atoms with E-state index in [1.807, 2.05) is 6.07 Å². The predicted octanol–water partition coefficient (Wildman–Crippen LogP) is 3.33. The van der Waals surface area contributed by atoms with Crippen LogP contribution in [0.2, 0.25) is 0 Å². The number of anilines is 1. The number of hydrogen-bond acceptors (Lipinski definition) is 3. The smallest absolute Gasteiger partial charge is 0.116 e. The summed E-state index contributed by atoms with van der Waals surface area (Å²) in [4.78, 5) is 4.94. The van der Waals surface area contributed by atoms with Crippen LogP contribution in [0.1, 0.15) is 24.5 Å². The van der Waals surface area contributed by atoms with E-state index in [4.69, 9.17) is 0 Å². The predicted molar refractivity (Wildman–Crippen MR) is 89.1 cm³/mol. The number of rotatable bonds is 2. The first-order chi connectivity index (χ1) is 10.6. The Hall–Kier alpha value is -2.00. The fraction of sp³-hybridized carbons (Fsp3) is 0.368. The van der Waals surface area contributed by atoms with Crippen molar-refractivity contribution in [1.82, 2.24) is 4.90 Å². The van der Waals surface area contributed by atoms with Crippen LogP contribution >= 0.6 is 0 Å². The van der Waals surface area contributed by atoms with Gasteiger partial charge in [0.15, 0.2) is 0 Å². The minimum atomic E-state index is 0.0948. The molecule has 0 spiro atoms. The third-order valence-corrected chi connectivity index (χ3v) is 5.40. The fourth-order valence-corrected chi connectivity index (χ4v) is 4.38. The van der Waals surface area contributed by atoms with Crippen molar-refractivity contribution in [2.75, 3.05) is 18.5 Å². The Labute approximate surface area is 131 Å². The van der Waals surface area contributed by atoms with Gasteiger partial charge in [0.1, 0.15) is 5.75 Å². The van der Waals surface area contributed by atoms with E-state index in [1.54, 1.807) is 6.07 Å². The lowest BCUT2D eigenvalue weighted by molar-refractivity contribution is 0.215. The maximum absolute atomic E-state index is 9.89. The Morgan fingerprint density at radius 1 is 1.18 bits per heavy atom. The second-order valence-electron chi connectivity index (χ2n) is 6.81. The number of likely N-dealkylation sites (tertiary alicyclic amines) is 1. The van der Waals surface area contributed by atoms with E-state index in [-0.39, 0.29) is 5.41 Å². The molecule has 2 unspecified atom stereocenters. The van der Waals surface area contributed by atoms with Crippen molar-refractivity contribution < 1.29 is 5.11 Å². The molecule has 0 bridgehead atoms. The van der Waals surface area contributed by atoms with Crippen LogP contribution in [0.3, 0.4) is 0 Å². The lowest BCUT2D eigenvalue weighted by atomic mass is 9.81. The summed E-state index contributed by atoms with van der Waals surface area (Å²) in [6.45, 7) is 4.41. The molecule has 0 aromatic heterocycles. The highest BCUT2D eigenvalue weighted by Gasteiger charge is 2.53. The van der Waals surface area contributed by atoms with E-state index in [9.17, 15) is 5.11 Å². The van der Waals surface area contributed by atoms with Crippen molar-refractivity contribution in [2.24, 2.45) is 0 Å². The van der Waals surface area contributed by atoms with E-state index in [0.717, 1.165) is 19.5 Å². The van der Waals surface area contributed by atoms with Gasteiger partial charge in [-0.2, -0.15) is 0 Å². The van der Waals surface area contributed by atoms with Gasteiger partial charge in [-0.05, 0) is 35.7 Å². The average molecular weight is 294 g/mol. The Kier molecular flexibility index (Phi) is 2.95. The van der Waals surface area contributed by atoms with Crippen LogP contribution in [0.25, 0.3) is 0 Å². The molecule has 2 heterocycles. The van der Waals surface area contributed by atoms with E-state index in [0.29, 0.717) is 11.9 Å². The summed E-state index contributed by atoms with van der Waals surface area (Å²) < 4.78 is 0. The topological polar surface area (TPSA) is 26.7 Å². The van der Waals surface area contributed by atoms with Crippen LogP contribution in [-0.2, 0) is 12.0 Å². The summed E-state index contributed by atoms with van der Waals surface area (Å²) in [5.41, 5.74) is 4.00. The van der Waals surface area contributed by atoms with Gasteiger partial charge in [-0.25, -0.2) is 0 Å². The van der Waals surface area contributed by atoms with Gasteiger partial charge in [0.25, 0.3) is 0 Å². The van der Waals surface area contributed by atoms with Crippen molar-refractivity contribution in [3.8, 4) is 5.75 Å².